The third kappa shape index (κ3) is 2.88. The molecule has 88 valence electrons. The minimum absolute atomic E-state index is 0.298. The summed E-state index contributed by atoms with van der Waals surface area (Å²) in [5.74, 6) is 1.14. The molecule has 4 nitrogen and oxygen atoms in total. The van der Waals surface area contributed by atoms with Gasteiger partial charge in [-0.3, -0.25) is 4.79 Å². The summed E-state index contributed by atoms with van der Waals surface area (Å²) in [7, 11) is 0. The van der Waals surface area contributed by atoms with Crippen molar-refractivity contribution in [3.05, 3.63) is 35.9 Å². The number of para-hydroxylation sites is 1. The lowest BCUT2D eigenvalue weighted by Crippen LogP contribution is -2.13. The van der Waals surface area contributed by atoms with Crippen LogP contribution in [-0.2, 0) is 10.5 Å². The highest BCUT2D eigenvalue weighted by molar-refractivity contribution is 7.99. The van der Waals surface area contributed by atoms with E-state index < -0.39 is 0 Å². The Morgan fingerprint density at radius 2 is 2.12 bits per heavy atom. The van der Waals surface area contributed by atoms with E-state index in [1.165, 1.54) is 11.8 Å². The molecular weight excluding hydrogens is 234 g/mol. The second-order valence-electron chi connectivity index (χ2n) is 3.68. The minimum Gasteiger partial charge on any atom is -0.383 e. The van der Waals surface area contributed by atoms with Crippen LogP contribution in [0.3, 0.4) is 0 Å². The normalized spacial score (nSPS) is 10.6. The number of hydrogen-bond donors (Lipinski definition) is 2. The van der Waals surface area contributed by atoms with Gasteiger partial charge in [0.1, 0.15) is 5.82 Å². The summed E-state index contributed by atoms with van der Waals surface area (Å²) in [4.78, 5) is 15.0. The van der Waals surface area contributed by atoms with Crippen LogP contribution in [0.2, 0.25) is 0 Å². The average molecular weight is 247 g/mol. The zero-order valence-electron chi connectivity index (χ0n) is 9.22. The molecule has 1 aromatic carbocycles. The molecule has 0 saturated carbocycles. The number of primary amides is 1. The fourth-order valence-corrected chi connectivity index (χ4v) is 2.31. The quantitative estimate of drug-likeness (QED) is 0.858. The molecule has 5 heteroatoms. The summed E-state index contributed by atoms with van der Waals surface area (Å²) < 4.78 is 0. The Morgan fingerprint density at radius 1 is 1.35 bits per heavy atom. The maximum atomic E-state index is 10.6. The first kappa shape index (κ1) is 11.7. The summed E-state index contributed by atoms with van der Waals surface area (Å²) in [6.07, 6.45) is 0. The Labute approximate surface area is 103 Å². The molecule has 0 radical (unpaired) electrons. The number of anilines is 1. The van der Waals surface area contributed by atoms with E-state index in [1.807, 2.05) is 30.3 Å². The largest absolute Gasteiger partial charge is 0.383 e. The third-order valence-electron chi connectivity index (χ3n) is 2.34. The number of fused-ring (bicyclic) bond motifs is 1. The number of pyridine rings is 1. The van der Waals surface area contributed by atoms with Crippen LogP contribution in [-0.4, -0.2) is 16.6 Å². The Bertz CT molecular complexity index is 556. The van der Waals surface area contributed by atoms with Gasteiger partial charge in [-0.1, -0.05) is 18.2 Å². The van der Waals surface area contributed by atoms with Crippen LogP contribution >= 0.6 is 11.8 Å². The van der Waals surface area contributed by atoms with Gasteiger partial charge in [-0.25, -0.2) is 4.98 Å². The van der Waals surface area contributed by atoms with Gasteiger partial charge >= 0.3 is 0 Å². The maximum Gasteiger partial charge on any atom is 0.227 e. The van der Waals surface area contributed by atoms with Crippen LogP contribution in [0, 0.1) is 0 Å². The first-order valence-corrected chi connectivity index (χ1v) is 6.32. The van der Waals surface area contributed by atoms with Crippen molar-refractivity contribution in [1.82, 2.24) is 4.98 Å². The van der Waals surface area contributed by atoms with Gasteiger partial charge in [0.2, 0.25) is 5.91 Å². The summed E-state index contributed by atoms with van der Waals surface area (Å²) in [5.41, 5.74) is 12.8. The van der Waals surface area contributed by atoms with Crippen LogP contribution in [0.15, 0.2) is 30.3 Å². The Morgan fingerprint density at radius 3 is 2.88 bits per heavy atom. The fraction of sp³-hybridized carbons (Fsp3) is 0.167. The van der Waals surface area contributed by atoms with E-state index in [1.54, 1.807) is 0 Å². The molecule has 0 fully saturated rings. The van der Waals surface area contributed by atoms with Crippen molar-refractivity contribution in [3.8, 4) is 0 Å². The molecule has 0 atom stereocenters. The number of amides is 1. The molecule has 2 rings (SSSR count). The predicted molar refractivity (Wildman–Crippen MR) is 71.5 cm³/mol. The maximum absolute atomic E-state index is 10.6. The van der Waals surface area contributed by atoms with E-state index in [2.05, 4.69) is 4.98 Å². The molecule has 2 aromatic rings. The molecule has 0 spiro atoms. The smallest absolute Gasteiger partial charge is 0.227 e. The van der Waals surface area contributed by atoms with Gasteiger partial charge in [-0.2, -0.15) is 0 Å². The molecular formula is C12H13N3OS. The molecule has 0 aliphatic heterocycles. The lowest BCUT2D eigenvalue weighted by atomic mass is 10.1. The number of carbonyl (C=O) groups is 1. The lowest BCUT2D eigenvalue weighted by Gasteiger charge is -2.06. The van der Waals surface area contributed by atoms with Crippen LogP contribution in [0.4, 0.5) is 5.82 Å². The van der Waals surface area contributed by atoms with Crippen LogP contribution in [0.25, 0.3) is 10.9 Å². The Kier molecular flexibility index (Phi) is 3.49. The fourth-order valence-electron chi connectivity index (χ4n) is 1.55. The third-order valence-corrected chi connectivity index (χ3v) is 3.34. The van der Waals surface area contributed by atoms with Gasteiger partial charge in [0, 0.05) is 16.7 Å². The number of aromatic nitrogens is 1. The molecule has 1 heterocycles. The van der Waals surface area contributed by atoms with Gasteiger partial charge in [-0.15, -0.1) is 11.8 Å². The van der Waals surface area contributed by atoms with Crippen molar-refractivity contribution >= 4 is 34.4 Å². The highest BCUT2D eigenvalue weighted by Crippen LogP contribution is 2.22. The van der Waals surface area contributed by atoms with E-state index >= 15 is 0 Å². The van der Waals surface area contributed by atoms with Crippen molar-refractivity contribution < 1.29 is 4.79 Å². The molecule has 4 N–H and O–H groups in total. The van der Waals surface area contributed by atoms with E-state index in [4.69, 9.17) is 11.5 Å². The molecule has 0 aliphatic carbocycles. The van der Waals surface area contributed by atoms with Crippen LogP contribution in [0.5, 0.6) is 0 Å². The average Bonchev–Trinajstić information content (AvgIpc) is 2.29. The molecule has 17 heavy (non-hydrogen) atoms. The SMILES string of the molecule is NC(=O)CSCc1cc2ccccc2nc1N. The summed E-state index contributed by atoms with van der Waals surface area (Å²) in [6, 6.07) is 9.80. The summed E-state index contributed by atoms with van der Waals surface area (Å²) in [5, 5.41) is 1.05. The number of benzene rings is 1. The van der Waals surface area contributed by atoms with Gasteiger partial charge in [0.25, 0.3) is 0 Å². The van der Waals surface area contributed by atoms with Crippen molar-refractivity contribution in [1.29, 1.82) is 0 Å². The number of rotatable bonds is 4. The topological polar surface area (TPSA) is 82.0 Å². The predicted octanol–water partition coefficient (Wildman–Crippen LogP) is 1.54. The number of hydrogen-bond acceptors (Lipinski definition) is 4. The van der Waals surface area contributed by atoms with Gasteiger partial charge in [0.05, 0.1) is 11.3 Å². The number of nitrogen functional groups attached to an aromatic ring is 1. The van der Waals surface area contributed by atoms with Crippen molar-refractivity contribution in [2.24, 2.45) is 5.73 Å². The molecule has 0 bridgehead atoms. The Hall–Kier alpha value is -1.75. The van der Waals surface area contributed by atoms with E-state index in [9.17, 15) is 4.79 Å². The van der Waals surface area contributed by atoms with E-state index in [0.29, 0.717) is 17.3 Å². The lowest BCUT2D eigenvalue weighted by molar-refractivity contribution is -0.115. The first-order valence-electron chi connectivity index (χ1n) is 5.17. The first-order chi connectivity index (χ1) is 8.16. The van der Waals surface area contributed by atoms with Crippen molar-refractivity contribution in [2.75, 3.05) is 11.5 Å². The zero-order chi connectivity index (χ0) is 12.3. The second kappa shape index (κ2) is 5.05. The second-order valence-corrected chi connectivity index (χ2v) is 4.67. The molecule has 0 unspecified atom stereocenters. The monoisotopic (exact) mass is 247 g/mol. The number of carbonyl (C=O) groups excluding carboxylic acids is 1. The van der Waals surface area contributed by atoms with Crippen molar-refractivity contribution in [3.63, 3.8) is 0 Å². The van der Waals surface area contributed by atoms with Crippen LogP contribution in [0.1, 0.15) is 5.56 Å². The summed E-state index contributed by atoms with van der Waals surface area (Å²) in [6.45, 7) is 0. The number of thioether (sulfide) groups is 1. The highest BCUT2D eigenvalue weighted by atomic mass is 32.2. The molecule has 1 aromatic heterocycles. The summed E-state index contributed by atoms with van der Waals surface area (Å²) >= 11 is 1.44. The highest BCUT2D eigenvalue weighted by Gasteiger charge is 2.04. The van der Waals surface area contributed by atoms with Gasteiger partial charge in [0.15, 0.2) is 0 Å². The van der Waals surface area contributed by atoms with Gasteiger partial charge in [-0.05, 0) is 12.1 Å². The zero-order valence-corrected chi connectivity index (χ0v) is 10.0. The van der Waals surface area contributed by atoms with Crippen LogP contribution < -0.4 is 11.5 Å². The van der Waals surface area contributed by atoms with E-state index in [0.717, 1.165) is 16.5 Å². The molecule has 1 amide bonds. The number of nitrogens with zero attached hydrogens (tertiary/aromatic N) is 1. The van der Waals surface area contributed by atoms with Gasteiger partial charge < -0.3 is 11.5 Å². The number of nitrogens with two attached hydrogens (primary N) is 2. The molecule has 0 saturated heterocycles. The standard InChI is InChI=1S/C12H13N3OS/c13-11(16)7-17-6-9-5-8-3-1-2-4-10(8)15-12(9)14/h1-5H,6-7H2,(H2,13,16)(H2,14,15). The Balaban J connectivity index is 2.22. The van der Waals surface area contributed by atoms with Crippen molar-refractivity contribution in [2.45, 2.75) is 5.75 Å². The minimum atomic E-state index is -0.317. The van der Waals surface area contributed by atoms with E-state index in [-0.39, 0.29) is 5.91 Å². The molecule has 0 aliphatic rings.